The van der Waals surface area contributed by atoms with Crippen molar-refractivity contribution in [3.8, 4) is 11.4 Å². The summed E-state index contributed by atoms with van der Waals surface area (Å²) in [5, 5.41) is 3.99. The number of hydrogen-bond acceptors (Lipinski definition) is 4. The van der Waals surface area contributed by atoms with Crippen LogP contribution in [0.4, 0.5) is 14.6 Å². The number of piperidine rings is 1. The largest absolute Gasteiger partial charge is 0.356 e. The van der Waals surface area contributed by atoms with E-state index in [4.69, 9.17) is 4.98 Å². The van der Waals surface area contributed by atoms with Crippen molar-refractivity contribution in [1.82, 2.24) is 15.3 Å². The number of carbonyl (C=O) groups excluding carboxylic acids is 1. The molecule has 0 unspecified atom stereocenters. The summed E-state index contributed by atoms with van der Waals surface area (Å²) in [5.74, 6) is 1.98. The maximum atomic E-state index is 13.7. The van der Waals surface area contributed by atoms with E-state index in [2.05, 4.69) is 15.2 Å². The second-order valence-corrected chi connectivity index (χ2v) is 9.61. The number of rotatable bonds is 7. The highest BCUT2D eigenvalue weighted by atomic mass is 19.3. The Morgan fingerprint density at radius 3 is 2.56 bits per heavy atom. The molecule has 5 nitrogen and oxygen atoms in total. The number of anilines is 1. The third-order valence-corrected chi connectivity index (χ3v) is 6.36. The van der Waals surface area contributed by atoms with Crippen LogP contribution in [0, 0.1) is 18.8 Å². The molecule has 0 atom stereocenters. The van der Waals surface area contributed by atoms with Crippen LogP contribution >= 0.6 is 0 Å². The number of benzene rings is 2. The molecule has 0 aliphatic carbocycles. The fourth-order valence-corrected chi connectivity index (χ4v) is 4.53. The molecule has 180 valence electrons. The number of carbonyl (C=O) groups is 1. The van der Waals surface area contributed by atoms with Crippen molar-refractivity contribution in [2.45, 2.75) is 46.5 Å². The van der Waals surface area contributed by atoms with E-state index < -0.39 is 6.43 Å². The summed E-state index contributed by atoms with van der Waals surface area (Å²) in [5.41, 5.74) is 2.12. The lowest BCUT2D eigenvalue weighted by Gasteiger charge is -2.33. The van der Waals surface area contributed by atoms with Crippen LogP contribution in [0.1, 0.15) is 50.7 Å². The third-order valence-electron chi connectivity index (χ3n) is 6.36. The van der Waals surface area contributed by atoms with Gasteiger partial charge in [-0.05, 0) is 49.3 Å². The Morgan fingerprint density at radius 1 is 1.12 bits per heavy atom. The molecule has 1 aliphatic heterocycles. The van der Waals surface area contributed by atoms with E-state index in [9.17, 15) is 13.6 Å². The number of halogens is 2. The topological polar surface area (TPSA) is 58.1 Å². The van der Waals surface area contributed by atoms with Crippen molar-refractivity contribution in [3.05, 3.63) is 53.6 Å². The molecule has 34 heavy (non-hydrogen) atoms. The van der Waals surface area contributed by atoms with E-state index in [1.54, 1.807) is 18.2 Å². The van der Waals surface area contributed by atoms with Crippen LogP contribution in [0.5, 0.6) is 0 Å². The SMILES string of the molecule is Cc1ccc2c(N3CCC(CNC(=O)CC(C)C)CC3)nc(-c3ccccc3C(F)F)nc2c1. The lowest BCUT2D eigenvalue weighted by Crippen LogP contribution is -2.39. The Hall–Kier alpha value is -3.09. The molecule has 7 heteroatoms. The molecule has 1 aromatic heterocycles. The first kappa shape index (κ1) is 24.0. The quantitative estimate of drug-likeness (QED) is 0.469. The van der Waals surface area contributed by atoms with E-state index in [1.807, 2.05) is 39.0 Å². The number of aryl methyl sites for hydroxylation is 1. The lowest BCUT2D eigenvalue weighted by molar-refractivity contribution is -0.122. The highest BCUT2D eigenvalue weighted by Gasteiger charge is 2.24. The highest BCUT2D eigenvalue weighted by molar-refractivity contribution is 5.91. The summed E-state index contributed by atoms with van der Waals surface area (Å²) >= 11 is 0. The minimum Gasteiger partial charge on any atom is -0.356 e. The van der Waals surface area contributed by atoms with E-state index >= 15 is 0 Å². The molecule has 0 bridgehead atoms. The monoisotopic (exact) mass is 466 g/mol. The molecule has 0 radical (unpaired) electrons. The number of hydrogen-bond donors (Lipinski definition) is 1. The predicted octanol–water partition coefficient (Wildman–Crippen LogP) is 5.92. The van der Waals surface area contributed by atoms with Gasteiger partial charge < -0.3 is 10.2 Å². The molecule has 2 aromatic carbocycles. The molecule has 1 amide bonds. The van der Waals surface area contributed by atoms with Crippen LogP contribution in [0.2, 0.25) is 0 Å². The molecular weight excluding hydrogens is 434 g/mol. The summed E-state index contributed by atoms with van der Waals surface area (Å²) < 4.78 is 27.4. The maximum absolute atomic E-state index is 13.7. The Morgan fingerprint density at radius 2 is 1.85 bits per heavy atom. The number of amides is 1. The van der Waals surface area contributed by atoms with Gasteiger partial charge in [0.2, 0.25) is 5.91 Å². The normalized spacial score (nSPS) is 14.9. The van der Waals surface area contributed by atoms with Gasteiger partial charge in [0.25, 0.3) is 6.43 Å². The van der Waals surface area contributed by atoms with E-state index in [-0.39, 0.29) is 11.5 Å². The van der Waals surface area contributed by atoms with Gasteiger partial charge in [0.1, 0.15) is 5.82 Å². The first-order valence-electron chi connectivity index (χ1n) is 12.0. The van der Waals surface area contributed by atoms with Crippen molar-refractivity contribution < 1.29 is 13.6 Å². The molecule has 1 aliphatic rings. The summed E-state index contributed by atoms with van der Waals surface area (Å²) in [7, 11) is 0. The first-order chi connectivity index (χ1) is 16.3. The molecule has 0 spiro atoms. The summed E-state index contributed by atoms with van der Waals surface area (Å²) in [6, 6.07) is 12.5. The van der Waals surface area contributed by atoms with Crippen LogP contribution < -0.4 is 10.2 Å². The Labute approximate surface area is 199 Å². The summed E-state index contributed by atoms with van der Waals surface area (Å²) in [6.45, 7) is 8.35. The van der Waals surface area contributed by atoms with Crippen LogP contribution in [0.15, 0.2) is 42.5 Å². The van der Waals surface area contributed by atoms with Gasteiger partial charge in [-0.25, -0.2) is 18.7 Å². The minimum atomic E-state index is -2.60. The molecular formula is C27H32F2N4O. The number of nitrogens with one attached hydrogen (secondary N) is 1. The molecule has 4 rings (SSSR count). The molecule has 1 saturated heterocycles. The van der Waals surface area contributed by atoms with Gasteiger partial charge in [-0.15, -0.1) is 0 Å². The highest BCUT2D eigenvalue weighted by Crippen LogP contribution is 2.34. The van der Waals surface area contributed by atoms with Crippen molar-refractivity contribution in [2.75, 3.05) is 24.5 Å². The molecule has 3 aromatic rings. The average Bonchev–Trinajstić information content (AvgIpc) is 2.81. The first-order valence-corrected chi connectivity index (χ1v) is 12.0. The lowest BCUT2D eigenvalue weighted by atomic mass is 9.96. The zero-order valence-corrected chi connectivity index (χ0v) is 20.0. The molecule has 1 N–H and O–H groups in total. The fraction of sp³-hybridized carbons (Fsp3) is 0.444. The molecule has 0 saturated carbocycles. The summed E-state index contributed by atoms with van der Waals surface area (Å²) in [4.78, 5) is 23.7. The van der Waals surface area contributed by atoms with Crippen LogP contribution in [0.3, 0.4) is 0 Å². The second kappa shape index (κ2) is 10.5. The minimum absolute atomic E-state index is 0.0590. The van der Waals surface area contributed by atoms with Crippen molar-refractivity contribution in [1.29, 1.82) is 0 Å². The summed E-state index contributed by atoms with van der Waals surface area (Å²) in [6.07, 6.45) is -0.184. The number of fused-ring (bicyclic) bond motifs is 1. The van der Waals surface area contributed by atoms with E-state index in [1.165, 1.54) is 6.07 Å². The van der Waals surface area contributed by atoms with Crippen LogP contribution in [0.25, 0.3) is 22.3 Å². The molecule has 2 heterocycles. The average molecular weight is 467 g/mol. The predicted molar refractivity (Wildman–Crippen MR) is 132 cm³/mol. The Kier molecular flexibility index (Phi) is 7.39. The Bertz CT molecular complexity index is 1160. The Balaban J connectivity index is 1.59. The number of nitrogens with zero attached hydrogens (tertiary/aromatic N) is 3. The van der Waals surface area contributed by atoms with Gasteiger partial charge in [-0.3, -0.25) is 4.79 Å². The standard InChI is InChI=1S/C27H32F2N4O/c1-17(2)14-24(34)30-16-19-10-12-33(13-11-19)27-22-9-8-18(3)15-23(22)31-26(32-27)21-7-5-4-6-20(21)25(28)29/h4-9,15,17,19,25H,10-14,16H2,1-3H3,(H,30,34). The van der Waals surface area contributed by atoms with Crippen molar-refractivity contribution in [2.24, 2.45) is 11.8 Å². The van der Waals surface area contributed by atoms with Crippen molar-refractivity contribution >= 4 is 22.6 Å². The fourth-order valence-electron chi connectivity index (χ4n) is 4.53. The molecule has 1 fully saturated rings. The van der Waals surface area contributed by atoms with Gasteiger partial charge in [0.05, 0.1) is 5.52 Å². The van der Waals surface area contributed by atoms with Gasteiger partial charge >= 0.3 is 0 Å². The maximum Gasteiger partial charge on any atom is 0.264 e. The van der Waals surface area contributed by atoms with Gasteiger partial charge in [-0.2, -0.15) is 0 Å². The van der Waals surface area contributed by atoms with Crippen LogP contribution in [-0.4, -0.2) is 35.5 Å². The second-order valence-electron chi connectivity index (χ2n) is 9.61. The van der Waals surface area contributed by atoms with Gasteiger partial charge in [0, 0.05) is 42.6 Å². The van der Waals surface area contributed by atoms with E-state index in [0.717, 1.165) is 48.2 Å². The smallest absolute Gasteiger partial charge is 0.264 e. The third kappa shape index (κ3) is 5.51. The van der Waals surface area contributed by atoms with Crippen molar-refractivity contribution in [3.63, 3.8) is 0 Å². The van der Waals surface area contributed by atoms with Crippen LogP contribution in [-0.2, 0) is 4.79 Å². The van der Waals surface area contributed by atoms with Gasteiger partial charge in [-0.1, -0.05) is 44.2 Å². The van der Waals surface area contributed by atoms with Gasteiger partial charge in [0.15, 0.2) is 5.82 Å². The number of alkyl halides is 2. The number of aromatic nitrogens is 2. The zero-order chi connectivity index (χ0) is 24.2. The zero-order valence-electron chi connectivity index (χ0n) is 20.0. The van der Waals surface area contributed by atoms with E-state index in [0.29, 0.717) is 36.2 Å².